The molecule has 0 aliphatic rings. The first-order valence-electron chi connectivity index (χ1n) is 35.3. The average Bonchev–Trinajstić information content (AvgIpc) is 1.59. The number of anilines is 3. The molecule has 9 heteroatoms. The van der Waals surface area contributed by atoms with Crippen molar-refractivity contribution in [2.75, 3.05) is 4.90 Å². The molecule has 0 saturated carbocycles. The third-order valence-electron chi connectivity index (χ3n) is 19.8. The van der Waals surface area contributed by atoms with E-state index in [-0.39, 0.29) is 0 Å². The fourth-order valence-corrected chi connectivity index (χ4v) is 14.9. The van der Waals surface area contributed by atoms with E-state index < -0.39 is 0 Å². The highest BCUT2D eigenvalue weighted by Gasteiger charge is 2.24. The molecule has 0 spiro atoms. The van der Waals surface area contributed by atoms with Gasteiger partial charge in [0.2, 0.25) is 0 Å². The van der Waals surface area contributed by atoms with Gasteiger partial charge in [0.15, 0.2) is 34.9 Å². The summed E-state index contributed by atoms with van der Waals surface area (Å²) in [5.41, 5.74) is 23.6. The Morgan fingerprint density at radius 3 is 0.848 bits per heavy atom. The van der Waals surface area contributed by atoms with Gasteiger partial charge in [-0.25, -0.2) is 29.9 Å². The van der Waals surface area contributed by atoms with Gasteiger partial charge in [-0.1, -0.05) is 273 Å². The molecule has 0 bridgehead atoms. The maximum atomic E-state index is 5.41. The van der Waals surface area contributed by atoms with Crippen LogP contribution < -0.4 is 4.90 Å². The second kappa shape index (κ2) is 26.7. The van der Waals surface area contributed by atoms with Gasteiger partial charge < -0.3 is 14.0 Å². The van der Waals surface area contributed by atoms with Crippen molar-refractivity contribution >= 4 is 60.7 Å². The lowest BCUT2D eigenvalue weighted by Gasteiger charge is -2.26. The lowest BCUT2D eigenvalue weighted by Crippen LogP contribution is -2.10. The number of benzene rings is 15. The second-order valence-electron chi connectivity index (χ2n) is 26.2. The highest BCUT2D eigenvalue weighted by molar-refractivity contribution is 6.18. The lowest BCUT2D eigenvalue weighted by molar-refractivity contribution is 1.07. The van der Waals surface area contributed by atoms with E-state index in [0.717, 1.165) is 117 Å². The maximum absolute atomic E-state index is 5.41. The highest BCUT2D eigenvalue weighted by atomic mass is 15.1. The van der Waals surface area contributed by atoms with Crippen LogP contribution >= 0.6 is 0 Å². The molecule has 105 heavy (non-hydrogen) atoms. The first-order chi connectivity index (χ1) is 52.0. The molecule has 0 radical (unpaired) electrons. The molecule has 0 aliphatic heterocycles. The van der Waals surface area contributed by atoms with E-state index in [1.165, 1.54) is 32.7 Å². The van der Waals surface area contributed by atoms with Gasteiger partial charge in [0.25, 0.3) is 0 Å². The van der Waals surface area contributed by atoms with E-state index in [4.69, 9.17) is 29.9 Å². The largest absolute Gasteiger partial charge is 0.310 e. The normalized spacial score (nSPS) is 11.4. The molecule has 0 saturated heterocycles. The van der Waals surface area contributed by atoms with Crippen LogP contribution in [0.2, 0.25) is 0 Å². The molecule has 0 amide bonds. The predicted octanol–water partition coefficient (Wildman–Crippen LogP) is 24.4. The minimum atomic E-state index is 0.539. The molecule has 0 N–H and O–H groups in total. The molecule has 492 valence electrons. The van der Waals surface area contributed by atoms with Gasteiger partial charge in [0.05, 0.1) is 22.1 Å². The first-order valence-corrected chi connectivity index (χ1v) is 35.3. The minimum absolute atomic E-state index is 0.539. The van der Waals surface area contributed by atoms with E-state index in [1.54, 1.807) is 0 Å². The van der Waals surface area contributed by atoms with Crippen molar-refractivity contribution in [3.63, 3.8) is 0 Å². The van der Waals surface area contributed by atoms with Crippen LogP contribution in [-0.4, -0.2) is 39.0 Å². The Hall–Kier alpha value is -14.3. The Kier molecular flexibility index (Phi) is 15.7. The van der Waals surface area contributed by atoms with Gasteiger partial charge in [0, 0.05) is 83.4 Å². The first kappa shape index (κ1) is 61.8. The molecule has 0 unspecified atom stereocenters. The zero-order valence-electron chi connectivity index (χ0n) is 56.9. The van der Waals surface area contributed by atoms with Crippen LogP contribution in [0.15, 0.2) is 382 Å². The number of para-hydroxylation sites is 3. The van der Waals surface area contributed by atoms with Crippen molar-refractivity contribution in [2.24, 2.45) is 0 Å². The molecule has 0 aliphatic carbocycles. The zero-order chi connectivity index (χ0) is 69.6. The number of hydrogen-bond donors (Lipinski definition) is 0. The Morgan fingerprint density at radius 2 is 0.467 bits per heavy atom. The number of aromatic nitrogens is 8. The topological polar surface area (TPSA) is 90.4 Å². The quantitative estimate of drug-likeness (QED) is 0.101. The molecular formula is C96H63N9. The Balaban J connectivity index is 0.708. The predicted molar refractivity (Wildman–Crippen MR) is 431 cm³/mol. The summed E-state index contributed by atoms with van der Waals surface area (Å²) in [5, 5.41) is 4.68. The number of fused-ring (bicyclic) bond motifs is 6. The van der Waals surface area contributed by atoms with Crippen molar-refractivity contribution in [1.29, 1.82) is 0 Å². The summed E-state index contributed by atoms with van der Waals surface area (Å²) >= 11 is 0. The molecule has 4 aromatic heterocycles. The Morgan fingerprint density at radius 1 is 0.181 bits per heavy atom. The van der Waals surface area contributed by atoms with Gasteiger partial charge in [-0.05, 0) is 154 Å². The molecule has 0 fully saturated rings. The van der Waals surface area contributed by atoms with E-state index in [0.29, 0.717) is 34.9 Å². The fraction of sp³-hybridized carbons (Fsp3) is 0. The van der Waals surface area contributed by atoms with Gasteiger partial charge >= 0.3 is 0 Å². The van der Waals surface area contributed by atoms with Crippen LogP contribution in [0.4, 0.5) is 17.1 Å². The van der Waals surface area contributed by atoms with Crippen LogP contribution in [0.5, 0.6) is 0 Å². The third-order valence-corrected chi connectivity index (χ3v) is 19.8. The van der Waals surface area contributed by atoms with Gasteiger partial charge in [-0.2, -0.15) is 0 Å². The van der Waals surface area contributed by atoms with Crippen molar-refractivity contribution in [1.82, 2.24) is 39.0 Å². The Bertz CT molecular complexity index is 6070. The van der Waals surface area contributed by atoms with E-state index in [1.807, 2.05) is 42.5 Å². The van der Waals surface area contributed by atoms with E-state index in [9.17, 15) is 0 Å². The molecule has 15 aromatic carbocycles. The van der Waals surface area contributed by atoms with Crippen LogP contribution in [0.3, 0.4) is 0 Å². The molecule has 4 heterocycles. The maximum Gasteiger partial charge on any atom is 0.164 e. The van der Waals surface area contributed by atoms with Crippen molar-refractivity contribution in [3.05, 3.63) is 382 Å². The van der Waals surface area contributed by atoms with Gasteiger partial charge in [-0.15, -0.1) is 0 Å². The highest BCUT2D eigenvalue weighted by Crippen LogP contribution is 2.45. The lowest BCUT2D eigenvalue weighted by atomic mass is 9.96. The summed E-state index contributed by atoms with van der Waals surface area (Å²) in [4.78, 5) is 34.2. The van der Waals surface area contributed by atoms with Crippen LogP contribution in [-0.2, 0) is 0 Å². The number of rotatable bonds is 15. The molecule has 9 nitrogen and oxygen atoms in total. The average molecular weight is 1340 g/mol. The van der Waals surface area contributed by atoms with Crippen molar-refractivity contribution < 1.29 is 0 Å². The summed E-state index contributed by atoms with van der Waals surface area (Å²) in [5.74, 6) is 3.34. The van der Waals surface area contributed by atoms with Gasteiger partial charge in [0.1, 0.15) is 0 Å². The standard InChI is InChI=1S/C96H63N9/c1-8-28-64(29-9-1)68-54-56-85-83(62-68)89-81(50-26-52-87(89)104(85)77-44-18-6-19-45-77)70-36-22-38-72(58-70)93-97-91(66-32-12-3-13-33-66)99-95(101-93)74-40-24-48-79(60-74)103(76-42-16-5-17-43-76)80-49-25-41-75(61-80)96-100-92(67-34-14-4-15-35-67)98-94(102-96)73-39-23-37-71(59-73)82-51-27-53-88-90(82)84-63-69(65-30-10-2-11-31-65)55-57-86(84)105(88)78-46-20-7-21-47-78/h1-63H. The summed E-state index contributed by atoms with van der Waals surface area (Å²) in [6.07, 6.45) is 0. The van der Waals surface area contributed by atoms with E-state index in [2.05, 4.69) is 354 Å². The zero-order valence-corrected chi connectivity index (χ0v) is 56.9. The number of hydrogen-bond acceptors (Lipinski definition) is 7. The summed E-state index contributed by atoms with van der Waals surface area (Å²) < 4.78 is 4.76. The van der Waals surface area contributed by atoms with Crippen LogP contribution in [0, 0.1) is 0 Å². The summed E-state index contributed by atoms with van der Waals surface area (Å²) in [7, 11) is 0. The molecule has 0 atom stereocenters. The molecule has 19 rings (SSSR count). The molecular weight excluding hydrogens is 1280 g/mol. The van der Waals surface area contributed by atoms with Crippen LogP contribution in [0.25, 0.3) is 168 Å². The number of nitrogens with zero attached hydrogens (tertiary/aromatic N) is 9. The fourth-order valence-electron chi connectivity index (χ4n) is 14.9. The van der Waals surface area contributed by atoms with Crippen molar-refractivity contribution in [2.45, 2.75) is 0 Å². The third kappa shape index (κ3) is 11.6. The summed E-state index contributed by atoms with van der Waals surface area (Å²) in [6, 6.07) is 134. The monoisotopic (exact) mass is 1340 g/mol. The summed E-state index contributed by atoms with van der Waals surface area (Å²) in [6.45, 7) is 0. The van der Waals surface area contributed by atoms with Crippen LogP contribution in [0.1, 0.15) is 0 Å². The SMILES string of the molecule is c1ccc(-c2ccc3c(c2)c2c(-c4cccc(-c5nc(-c6ccccc6)nc(-c6cccc(N(c7ccccc7)c7cccc(-c8nc(-c9ccccc9)nc(-c9cccc(-c%10cccc%11c%10c%10cc(-c%12ccccc%12)ccc%10n%11-c%10ccccc%10)c9)n8)c7)c6)n5)c4)cccc2n3-c2ccccc2)cc1. The van der Waals surface area contributed by atoms with Gasteiger partial charge in [-0.3, -0.25) is 0 Å². The Labute approximate surface area is 607 Å². The van der Waals surface area contributed by atoms with E-state index >= 15 is 0 Å². The smallest absolute Gasteiger partial charge is 0.164 e. The van der Waals surface area contributed by atoms with Crippen molar-refractivity contribution in [3.8, 4) is 124 Å². The second-order valence-corrected chi connectivity index (χ2v) is 26.2. The molecule has 19 aromatic rings. The minimum Gasteiger partial charge on any atom is -0.310 e.